The van der Waals surface area contributed by atoms with Gasteiger partial charge in [0.1, 0.15) is 11.3 Å². The second kappa shape index (κ2) is 6.45. The van der Waals surface area contributed by atoms with Crippen LogP contribution in [0.15, 0.2) is 29.2 Å². The lowest BCUT2D eigenvalue weighted by molar-refractivity contribution is 0.0690. The van der Waals surface area contributed by atoms with Crippen LogP contribution < -0.4 is 0 Å². The first-order valence-electron chi connectivity index (χ1n) is 7.31. The van der Waals surface area contributed by atoms with Crippen molar-refractivity contribution < 1.29 is 9.90 Å². The lowest BCUT2D eigenvalue weighted by Crippen LogP contribution is -2.07. The van der Waals surface area contributed by atoms with Gasteiger partial charge in [0.15, 0.2) is 11.3 Å². The molecule has 0 saturated heterocycles. The van der Waals surface area contributed by atoms with Crippen LogP contribution in [-0.2, 0) is 6.54 Å². The number of nitrogens with zero attached hydrogens (tertiary/aromatic N) is 3. The van der Waals surface area contributed by atoms with E-state index in [4.69, 9.17) is 11.6 Å². The molecule has 3 aromatic rings. The van der Waals surface area contributed by atoms with Crippen LogP contribution in [0.1, 0.15) is 27.4 Å². The van der Waals surface area contributed by atoms with Crippen molar-refractivity contribution in [3.63, 3.8) is 0 Å². The molecule has 1 aromatic carbocycles. The summed E-state index contributed by atoms with van der Waals surface area (Å²) >= 11 is 8.01. The van der Waals surface area contributed by atoms with Crippen LogP contribution in [0, 0.1) is 13.8 Å². The SMILES string of the molecule is CSc1ccc(Cn2c(C)nc3c(C)cc(C(=O)O)nc32)c(Cl)c1. The fourth-order valence-corrected chi connectivity index (χ4v) is 3.35. The monoisotopic (exact) mass is 361 g/mol. The molecule has 0 saturated carbocycles. The Morgan fingerprint density at radius 3 is 2.67 bits per heavy atom. The Hall–Kier alpha value is -2.05. The highest BCUT2D eigenvalue weighted by Gasteiger charge is 2.16. The van der Waals surface area contributed by atoms with Gasteiger partial charge >= 0.3 is 5.97 Å². The van der Waals surface area contributed by atoms with Crippen LogP contribution in [0.5, 0.6) is 0 Å². The van der Waals surface area contributed by atoms with E-state index >= 15 is 0 Å². The van der Waals surface area contributed by atoms with E-state index in [0.29, 0.717) is 22.7 Å². The third-order valence-electron chi connectivity index (χ3n) is 3.89. The van der Waals surface area contributed by atoms with Crippen LogP contribution in [0.25, 0.3) is 11.2 Å². The number of pyridine rings is 1. The van der Waals surface area contributed by atoms with Crippen LogP contribution in [0.4, 0.5) is 0 Å². The van der Waals surface area contributed by atoms with Crippen molar-refractivity contribution in [1.29, 1.82) is 0 Å². The number of carbonyl (C=O) groups is 1. The van der Waals surface area contributed by atoms with Crippen molar-refractivity contribution in [2.24, 2.45) is 0 Å². The smallest absolute Gasteiger partial charge is 0.354 e. The summed E-state index contributed by atoms with van der Waals surface area (Å²) in [6.45, 7) is 4.21. The summed E-state index contributed by atoms with van der Waals surface area (Å²) in [5.74, 6) is -0.277. The third kappa shape index (κ3) is 2.99. The van der Waals surface area contributed by atoms with Crippen molar-refractivity contribution in [1.82, 2.24) is 14.5 Å². The van der Waals surface area contributed by atoms with Crippen LogP contribution in [0.3, 0.4) is 0 Å². The molecule has 124 valence electrons. The van der Waals surface area contributed by atoms with Gasteiger partial charge in [-0.1, -0.05) is 17.7 Å². The number of aromatic carboxylic acids is 1. The average molecular weight is 362 g/mol. The Bertz CT molecular complexity index is 953. The zero-order chi connectivity index (χ0) is 17.4. The molecule has 0 aliphatic carbocycles. The Morgan fingerprint density at radius 2 is 2.04 bits per heavy atom. The fraction of sp³-hybridized carbons (Fsp3) is 0.235. The van der Waals surface area contributed by atoms with Crippen molar-refractivity contribution >= 4 is 40.5 Å². The first-order valence-corrected chi connectivity index (χ1v) is 8.91. The molecule has 0 aliphatic heterocycles. The number of rotatable bonds is 4. The van der Waals surface area contributed by atoms with E-state index in [1.165, 1.54) is 0 Å². The zero-order valence-corrected chi connectivity index (χ0v) is 15.1. The maximum absolute atomic E-state index is 11.3. The number of carboxylic acids is 1. The molecule has 7 heteroatoms. The number of fused-ring (bicyclic) bond motifs is 1. The summed E-state index contributed by atoms with van der Waals surface area (Å²) in [6.07, 6.45) is 2.00. The maximum atomic E-state index is 11.3. The van der Waals surface area contributed by atoms with Crippen molar-refractivity contribution in [3.8, 4) is 0 Å². The Balaban J connectivity index is 2.12. The normalized spacial score (nSPS) is 11.2. The molecule has 5 nitrogen and oxygen atoms in total. The number of benzene rings is 1. The molecule has 24 heavy (non-hydrogen) atoms. The number of halogens is 1. The Morgan fingerprint density at radius 1 is 1.29 bits per heavy atom. The average Bonchev–Trinajstić information content (AvgIpc) is 2.86. The molecule has 0 atom stereocenters. The molecule has 2 heterocycles. The minimum atomic E-state index is -1.05. The van der Waals surface area contributed by atoms with Gasteiger partial charge in [0.05, 0.1) is 6.54 Å². The van der Waals surface area contributed by atoms with Gasteiger partial charge in [-0.2, -0.15) is 0 Å². The van der Waals surface area contributed by atoms with Gasteiger partial charge in [0.2, 0.25) is 0 Å². The second-order valence-corrected chi connectivity index (χ2v) is 6.79. The van der Waals surface area contributed by atoms with Gasteiger partial charge in [0, 0.05) is 9.92 Å². The highest BCUT2D eigenvalue weighted by Crippen LogP contribution is 2.26. The number of carboxylic acid groups (broad SMARTS) is 1. The molecule has 0 spiro atoms. The van der Waals surface area contributed by atoms with E-state index in [-0.39, 0.29) is 5.69 Å². The third-order valence-corrected chi connectivity index (χ3v) is 4.97. The number of aryl methyl sites for hydroxylation is 2. The number of hydrogen-bond acceptors (Lipinski definition) is 4. The topological polar surface area (TPSA) is 68.0 Å². The molecular weight excluding hydrogens is 346 g/mol. The quantitative estimate of drug-likeness (QED) is 0.706. The Labute approximate surface area is 148 Å². The molecule has 0 aliphatic rings. The molecule has 0 bridgehead atoms. The summed E-state index contributed by atoms with van der Waals surface area (Å²) in [5, 5.41) is 9.92. The van der Waals surface area contributed by atoms with E-state index in [9.17, 15) is 9.90 Å². The molecule has 1 N–H and O–H groups in total. The molecule has 3 rings (SSSR count). The lowest BCUT2D eigenvalue weighted by atomic mass is 10.2. The molecular formula is C17H16ClN3O2S. The second-order valence-electron chi connectivity index (χ2n) is 5.50. The van der Waals surface area contributed by atoms with Crippen molar-refractivity contribution in [2.45, 2.75) is 25.3 Å². The highest BCUT2D eigenvalue weighted by atomic mass is 35.5. The summed E-state index contributed by atoms with van der Waals surface area (Å²) in [7, 11) is 0. The van der Waals surface area contributed by atoms with Crippen molar-refractivity contribution in [2.75, 3.05) is 6.26 Å². The number of imidazole rings is 1. The summed E-state index contributed by atoms with van der Waals surface area (Å²) in [6, 6.07) is 7.47. The minimum Gasteiger partial charge on any atom is -0.477 e. The summed E-state index contributed by atoms with van der Waals surface area (Å²) in [5.41, 5.74) is 3.04. The van der Waals surface area contributed by atoms with Gasteiger partial charge in [-0.15, -0.1) is 11.8 Å². The van der Waals surface area contributed by atoms with Gasteiger partial charge in [-0.25, -0.2) is 14.8 Å². The lowest BCUT2D eigenvalue weighted by Gasteiger charge is -2.10. The van der Waals surface area contributed by atoms with Crippen LogP contribution in [-0.4, -0.2) is 31.9 Å². The standard InChI is InChI=1S/C17H16ClN3O2S/c1-9-6-14(17(22)23)20-16-15(9)19-10(2)21(16)8-11-4-5-12(24-3)7-13(11)18/h4-7H,8H2,1-3H3,(H,22,23). The molecule has 0 fully saturated rings. The van der Waals surface area contributed by atoms with Gasteiger partial charge in [0.25, 0.3) is 0 Å². The number of thioether (sulfide) groups is 1. The maximum Gasteiger partial charge on any atom is 0.354 e. The first-order chi connectivity index (χ1) is 11.4. The van der Waals surface area contributed by atoms with Crippen LogP contribution >= 0.6 is 23.4 Å². The van der Waals surface area contributed by atoms with Crippen LogP contribution in [0.2, 0.25) is 5.02 Å². The zero-order valence-electron chi connectivity index (χ0n) is 13.5. The predicted octanol–water partition coefficient (Wildman–Crippen LogP) is 4.17. The van der Waals surface area contributed by atoms with E-state index in [1.54, 1.807) is 17.8 Å². The molecule has 0 unspecified atom stereocenters. The Kier molecular flexibility index (Phi) is 4.51. The van der Waals surface area contributed by atoms with Crippen molar-refractivity contribution in [3.05, 3.63) is 51.9 Å². The fourth-order valence-electron chi connectivity index (χ4n) is 2.60. The van der Waals surface area contributed by atoms with Gasteiger partial charge in [-0.3, -0.25) is 0 Å². The van der Waals surface area contributed by atoms with E-state index in [1.807, 2.05) is 42.9 Å². The molecule has 0 amide bonds. The minimum absolute atomic E-state index is 0.0185. The number of aromatic nitrogens is 3. The van der Waals surface area contributed by atoms with Gasteiger partial charge < -0.3 is 9.67 Å². The summed E-state index contributed by atoms with van der Waals surface area (Å²) < 4.78 is 1.90. The number of hydrogen-bond donors (Lipinski definition) is 1. The molecule has 2 aromatic heterocycles. The molecule has 0 radical (unpaired) electrons. The van der Waals surface area contributed by atoms with E-state index in [2.05, 4.69) is 9.97 Å². The van der Waals surface area contributed by atoms with E-state index < -0.39 is 5.97 Å². The predicted molar refractivity (Wildman–Crippen MR) is 96.3 cm³/mol. The largest absolute Gasteiger partial charge is 0.477 e. The van der Waals surface area contributed by atoms with Gasteiger partial charge in [-0.05, 0) is 49.4 Å². The van der Waals surface area contributed by atoms with E-state index in [0.717, 1.165) is 21.8 Å². The highest BCUT2D eigenvalue weighted by molar-refractivity contribution is 7.98. The first kappa shape index (κ1) is 16.8. The summed E-state index contributed by atoms with van der Waals surface area (Å²) in [4.78, 5) is 21.2.